The predicted molar refractivity (Wildman–Crippen MR) is 61.4 cm³/mol. The zero-order chi connectivity index (χ0) is 14.9. The molecule has 0 saturated carbocycles. The summed E-state index contributed by atoms with van der Waals surface area (Å²) in [6, 6.07) is 2.62. The van der Waals surface area contributed by atoms with Crippen LogP contribution in [-0.4, -0.2) is 36.6 Å². The van der Waals surface area contributed by atoms with Gasteiger partial charge in [0.15, 0.2) is 17.6 Å². The van der Waals surface area contributed by atoms with Gasteiger partial charge in [0.05, 0.1) is 12.1 Å². The van der Waals surface area contributed by atoms with Crippen LogP contribution in [0.3, 0.4) is 0 Å². The summed E-state index contributed by atoms with van der Waals surface area (Å²) in [6.07, 6.45) is -7.44. The second-order valence-corrected chi connectivity index (χ2v) is 4.06. The van der Waals surface area contributed by atoms with Gasteiger partial charge >= 0.3 is 6.18 Å². The molecule has 20 heavy (non-hydrogen) atoms. The Balaban J connectivity index is 2.07. The van der Waals surface area contributed by atoms with Crippen LogP contribution < -0.4 is 20.5 Å². The number of anilines is 1. The number of carbonyl (C=O) groups excluding carboxylic acids is 1. The number of fused-ring (bicyclic) bond motifs is 1. The van der Waals surface area contributed by atoms with Gasteiger partial charge in [-0.25, -0.2) is 0 Å². The molecule has 0 aliphatic carbocycles. The highest BCUT2D eigenvalue weighted by molar-refractivity contribution is 6.00. The normalized spacial score (nSPS) is 15.0. The van der Waals surface area contributed by atoms with Crippen molar-refractivity contribution in [2.45, 2.75) is 12.3 Å². The van der Waals surface area contributed by atoms with E-state index in [-0.39, 0.29) is 23.8 Å². The number of aliphatic hydroxyl groups is 1. The SMILES string of the molecule is Nc1cc2c(cc1C(=O)NCC(O)C(F)(F)F)OCO2. The molecule has 1 unspecified atom stereocenters. The van der Waals surface area contributed by atoms with Gasteiger partial charge in [0.25, 0.3) is 5.91 Å². The number of halogens is 3. The first kappa shape index (κ1) is 14.3. The van der Waals surface area contributed by atoms with Crippen molar-refractivity contribution in [2.75, 3.05) is 19.1 Å². The molecule has 1 aromatic carbocycles. The van der Waals surface area contributed by atoms with Crippen LogP contribution in [0.1, 0.15) is 10.4 Å². The predicted octanol–water partition coefficient (Wildman–Crippen LogP) is 0.651. The van der Waals surface area contributed by atoms with Gasteiger partial charge < -0.3 is 25.6 Å². The van der Waals surface area contributed by atoms with Gasteiger partial charge in [-0.05, 0) is 6.07 Å². The van der Waals surface area contributed by atoms with Crippen molar-refractivity contribution in [1.82, 2.24) is 5.32 Å². The molecule has 6 nitrogen and oxygen atoms in total. The molecule has 0 saturated heterocycles. The molecule has 1 aliphatic rings. The van der Waals surface area contributed by atoms with Crippen LogP contribution in [0.2, 0.25) is 0 Å². The highest BCUT2D eigenvalue weighted by Crippen LogP contribution is 2.35. The van der Waals surface area contributed by atoms with Crippen molar-refractivity contribution in [3.8, 4) is 11.5 Å². The highest BCUT2D eigenvalue weighted by Gasteiger charge is 2.38. The van der Waals surface area contributed by atoms with Gasteiger partial charge in [-0.2, -0.15) is 13.2 Å². The second-order valence-electron chi connectivity index (χ2n) is 4.06. The summed E-state index contributed by atoms with van der Waals surface area (Å²) in [7, 11) is 0. The smallest absolute Gasteiger partial charge is 0.416 e. The minimum absolute atomic E-state index is 0.0212. The fraction of sp³-hybridized carbons (Fsp3) is 0.364. The van der Waals surface area contributed by atoms with Gasteiger partial charge in [0, 0.05) is 11.8 Å². The van der Waals surface area contributed by atoms with Crippen molar-refractivity contribution >= 4 is 11.6 Å². The number of ether oxygens (including phenoxy) is 2. The number of hydrogen-bond acceptors (Lipinski definition) is 5. The molecule has 1 aromatic rings. The van der Waals surface area contributed by atoms with Gasteiger partial charge in [-0.1, -0.05) is 0 Å². The van der Waals surface area contributed by atoms with E-state index in [4.69, 9.17) is 20.3 Å². The number of nitrogen functional groups attached to an aromatic ring is 1. The monoisotopic (exact) mass is 292 g/mol. The first-order valence-corrected chi connectivity index (χ1v) is 5.51. The molecule has 1 aliphatic heterocycles. The van der Waals surface area contributed by atoms with Gasteiger partial charge in [0.1, 0.15) is 0 Å². The van der Waals surface area contributed by atoms with Gasteiger partial charge in [-0.15, -0.1) is 0 Å². The molecule has 9 heteroatoms. The molecule has 0 aromatic heterocycles. The van der Waals surface area contributed by atoms with E-state index >= 15 is 0 Å². The number of aliphatic hydroxyl groups excluding tert-OH is 1. The Morgan fingerprint density at radius 3 is 2.60 bits per heavy atom. The maximum Gasteiger partial charge on any atom is 0.416 e. The first-order chi connectivity index (χ1) is 9.29. The molecule has 2 rings (SSSR count). The Bertz CT molecular complexity index is 533. The summed E-state index contributed by atoms with van der Waals surface area (Å²) in [4.78, 5) is 11.7. The van der Waals surface area contributed by atoms with E-state index in [1.807, 2.05) is 5.32 Å². The van der Waals surface area contributed by atoms with Crippen LogP contribution in [0.5, 0.6) is 11.5 Å². The summed E-state index contributed by atoms with van der Waals surface area (Å²) >= 11 is 0. The van der Waals surface area contributed by atoms with Gasteiger partial charge in [0.2, 0.25) is 6.79 Å². The Morgan fingerprint density at radius 2 is 2.00 bits per heavy atom. The van der Waals surface area contributed by atoms with Crippen LogP contribution in [0, 0.1) is 0 Å². The third kappa shape index (κ3) is 2.87. The molecular formula is C11H11F3N2O4. The number of benzene rings is 1. The molecule has 0 bridgehead atoms. The topological polar surface area (TPSA) is 93.8 Å². The number of carbonyl (C=O) groups is 1. The average Bonchev–Trinajstić information content (AvgIpc) is 2.80. The average molecular weight is 292 g/mol. The van der Waals surface area contributed by atoms with Crippen molar-refractivity contribution in [1.29, 1.82) is 0 Å². The lowest BCUT2D eigenvalue weighted by molar-refractivity contribution is -0.201. The summed E-state index contributed by atoms with van der Waals surface area (Å²) < 4.78 is 46.4. The maximum absolute atomic E-state index is 12.1. The lowest BCUT2D eigenvalue weighted by Crippen LogP contribution is -2.40. The highest BCUT2D eigenvalue weighted by atomic mass is 19.4. The van der Waals surface area contributed by atoms with Crippen LogP contribution >= 0.6 is 0 Å². The van der Waals surface area contributed by atoms with E-state index in [2.05, 4.69) is 0 Å². The first-order valence-electron chi connectivity index (χ1n) is 5.51. The summed E-state index contributed by atoms with van der Waals surface area (Å²) in [5, 5.41) is 10.7. The molecule has 0 fully saturated rings. The van der Waals surface area contributed by atoms with E-state index < -0.39 is 24.7 Å². The summed E-state index contributed by atoms with van der Waals surface area (Å²) in [6.45, 7) is -0.983. The van der Waals surface area contributed by atoms with E-state index in [1.165, 1.54) is 12.1 Å². The molecule has 0 radical (unpaired) electrons. The van der Waals surface area contributed by atoms with Crippen LogP contribution in [0.15, 0.2) is 12.1 Å². The van der Waals surface area contributed by atoms with E-state index in [9.17, 15) is 18.0 Å². The third-order valence-corrected chi connectivity index (χ3v) is 2.62. The van der Waals surface area contributed by atoms with Crippen molar-refractivity contribution in [3.05, 3.63) is 17.7 Å². The largest absolute Gasteiger partial charge is 0.454 e. The molecule has 0 spiro atoms. The Hall–Kier alpha value is -2.16. The number of amides is 1. The lowest BCUT2D eigenvalue weighted by Gasteiger charge is -2.15. The Labute approximate surface area is 111 Å². The third-order valence-electron chi connectivity index (χ3n) is 2.62. The fourth-order valence-electron chi connectivity index (χ4n) is 1.55. The number of hydrogen-bond donors (Lipinski definition) is 3. The van der Waals surface area contributed by atoms with E-state index in [1.54, 1.807) is 0 Å². The standard InChI is InChI=1S/C11H11F3N2O4/c12-11(13,14)9(17)3-16-10(18)5-1-7-8(2-6(5)15)20-4-19-7/h1-2,9,17H,3-4,15H2,(H,16,18). The van der Waals surface area contributed by atoms with Crippen molar-refractivity contribution in [2.24, 2.45) is 0 Å². The minimum atomic E-state index is -4.80. The zero-order valence-corrected chi connectivity index (χ0v) is 10.0. The molecular weight excluding hydrogens is 281 g/mol. The number of nitrogens with two attached hydrogens (primary N) is 1. The zero-order valence-electron chi connectivity index (χ0n) is 10.0. The number of alkyl halides is 3. The van der Waals surface area contributed by atoms with Gasteiger partial charge in [-0.3, -0.25) is 4.79 Å². The molecule has 4 N–H and O–H groups in total. The fourth-order valence-corrected chi connectivity index (χ4v) is 1.55. The lowest BCUT2D eigenvalue weighted by atomic mass is 10.1. The van der Waals surface area contributed by atoms with Crippen LogP contribution in [0.25, 0.3) is 0 Å². The van der Waals surface area contributed by atoms with Crippen molar-refractivity contribution in [3.63, 3.8) is 0 Å². The molecule has 1 heterocycles. The maximum atomic E-state index is 12.1. The second kappa shape index (κ2) is 5.08. The molecule has 1 atom stereocenters. The quantitative estimate of drug-likeness (QED) is 0.711. The van der Waals surface area contributed by atoms with Crippen molar-refractivity contribution < 1.29 is 32.5 Å². The number of rotatable bonds is 3. The minimum Gasteiger partial charge on any atom is -0.454 e. The Kier molecular flexibility index (Phi) is 3.62. The molecule has 1 amide bonds. The molecule has 110 valence electrons. The Morgan fingerprint density at radius 1 is 1.40 bits per heavy atom. The van der Waals surface area contributed by atoms with Crippen LogP contribution in [-0.2, 0) is 0 Å². The summed E-state index contributed by atoms with van der Waals surface area (Å²) in [5.74, 6) is -0.209. The van der Waals surface area contributed by atoms with E-state index in [0.717, 1.165) is 0 Å². The van der Waals surface area contributed by atoms with Crippen LogP contribution in [0.4, 0.5) is 18.9 Å². The number of nitrogens with one attached hydrogen (secondary N) is 1. The van der Waals surface area contributed by atoms with E-state index in [0.29, 0.717) is 5.75 Å². The summed E-state index contributed by atoms with van der Waals surface area (Å²) in [5.41, 5.74) is 5.59.